The highest BCUT2D eigenvalue weighted by atomic mass is 32.2. The third-order valence-electron chi connectivity index (χ3n) is 3.83. The highest BCUT2D eigenvalue weighted by Crippen LogP contribution is 2.44. The van der Waals surface area contributed by atoms with Crippen molar-refractivity contribution in [3.8, 4) is 0 Å². The first-order valence-corrected chi connectivity index (χ1v) is 7.40. The molecule has 3 aliphatic rings. The summed E-state index contributed by atoms with van der Waals surface area (Å²) in [7, 11) is -3.62. The van der Waals surface area contributed by atoms with E-state index < -0.39 is 21.9 Å². The van der Waals surface area contributed by atoms with E-state index in [-0.39, 0.29) is 10.7 Å². The van der Waals surface area contributed by atoms with Crippen LogP contribution in [0.15, 0.2) is 51.8 Å². The van der Waals surface area contributed by atoms with Crippen LogP contribution in [0.1, 0.15) is 15.9 Å². The van der Waals surface area contributed by atoms with Crippen molar-refractivity contribution in [3.63, 3.8) is 0 Å². The summed E-state index contributed by atoms with van der Waals surface area (Å²) in [4.78, 5) is 12.7. The smallest absolute Gasteiger partial charge is 0.279 e. The van der Waals surface area contributed by atoms with E-state index in [2.05, 4.69) is 4.40 Å². The highest BCUT2D eigenvalue weighted by Gasteiger charge is 2.49. The molecule has 1 heterocycles. The van der Waals surface area contributed by atoms with Crippen LogP contribution in [-0.2, 0) is 10.0 Å². The number of carbonyl (C=O) groups is 1. The van der Waals surface area contributed by atoms with Gasteiger partial charge in [0.25, 0.3) is 10.0 Å². The molecule has 5 heteroatoms. The van der Waals surface area contributed by atoms with Gasteiger partial charge in [-0.05, 0) is 6.08 Å². The van der Waals surface area contributed by atoms with Gasteiger partial charge in [0.1, 0.15) is 0 Å². The number of sulfonamides is 1. The van der Waals surface area contributed by atoms with E-state index in [9.17, 15) is 13.2 Å². The minimum absolute atomic E-state index is 0.0292. The number of ketones is 1. The average molecular weight is 271 g/mol. The number of Topliss-reactive ketones (excluding diaryl/α,β-unsaturated/α-hetero) is 1. The van der Waals surface area contributed by atoms with Crippen molar-refractivity contribution < 1.29 is 13.2 Å². The number of hydrogen-bond acceptors (Lipinski definition) is 3. The lowest BCUT2D eigenvalue weighted by Crippen LogP contribution is -2.36. The number of benzene rings is 1. The van der Waals surface area contributed by atoms with Gasteiger partial charge in [0, 0.05) is 11.1 Å². The summed E-state index contributed by atoms with van der Waals surface area (Å²) in [6, 6.07) is 7.07. The van der Waals surface area contributed by atoms with E-state index >= 15 is 0 Å². The first-order chi connectivity index (χ1) is 9.09. The number of carbonyl (C=O) groups excluding carboxylic acids is 1. The molecule has 0 bridgehead atoms. The molecule has 0 saturated heterocycles. The van der Waals surface area contributed by atoms with Crippen LogP contribution in [0.4, 0.5) is 0 Å². The molecule has 0 amide bonds. The number of hydrogen-bond donors (Lipinski definition) is 0. The van der Waals surface area contributed by atoms with E-state index in [1.54, 1.807) is 42.5 Å². The minimum atomic E-state index is -3.62. The summed E-state index contributed by atoms with van der Waals surface area (Å²) in [6.07, 6.45) is 4.95. The first kappa shape index (κ1) is 10.9. The summed E-state index contributed by atoms with van der Waals surface area (Å²) in [5.74, 6) is -0.901. The van der Waals surface area contributed by atoms with Gasteiger partial charge >= 0.3 is 0 Å². The summed E-state index contributed by atoms with van der Waals surface area (Å²) >= 11 is 0. The molecule has 2 atom stereocenters. The van der Waals surface area contributed by atoms with Crippen LogP contribution in [-0.4, -0.2) is 19.9 Å². The van der Waals surface area contributed by atoms with Gasteiger partial charge in [-0.15, -0.1) is 0 Å². The summed E-state index contributed by atoms with van der Waals surface area (Å²) in [5, 5.41) is 0. The Morgan fingerprint density at radius 2 is 1.84 bits per heavy atom. The van der Waals surface area contributed by atoms with Crippen molar-refractivity contribution in [1.29, 1.82) is 0 Å². The van der Waals surface area contributed by atoms with Gasteiger partial charge in [0.15, 0.2) is 5.78 Å². The third kappa shape index (κ3) is 1.25. The predicted octanol–water partition coefficient (Wildman–Crippen LogP) is 1.70. The van der Waals surface area contributed by atoms with Gasteiger partial charge in [0.2, 0.25) is 0 Å². The Hall–Kier alpha value is -2.01. The molecule has 0 saturated carbocycles. The zero-order valence-electron chi connectivity index (χ0n) is 9.78. The monoisotopic (exact) mass is 271 g/mol. The molecule has 0 N–H and O–H groups in total. The molecule has 0 spiro atoms. The lowest BCUT2D eigenvalue weighted by molar-refractivity contribution is 0.0929. The fourth-order valence-electron chi connectivity index (χ4n) is 3.01. The Bertz CT molecular complexity index is 815. The second-order valence-electron chi connectivity index (χ2n) is 4.82. The second kappa shape index (κ2) is 3.30. The van der Waals surface area contributed by atoms with E-state index in [4.69, 9.17) is 0 Å². The van der Waals surface area contributed by atoms with Gasteiger partial charge in [-0.3, -0.25) is 4.79 Å². The van der Waals surface area contributed by atoms with Gasteiger partial charge < -0.3 is 0 Å². The fraction of sp³-hybridized carbons (Fsp3) is 0.143. The molecule has 1 aliphatic heterocycles. The normalized spacial score (nSPS) is 29.4. The van der Waals surface area contributed by atoms with Gasteiger partial charge in [-0.25, -0.2) is 0 Å². The molecule has 94 valence electrons. The molecule has 1 aromatic carbocycles. The number of fused-ring (bicyclic) bond motifs is 2. The molecular formula is C14H9NO3S. The molecule has 4 nitrogen and oxygen atoms in total. The summed E-state index contributed by atoms with van der Waals surface area (Å²) < 4.78 is 28.0. The zero-order chi connectivity index (χ0) is 13.2. The van der Waals surface area contributed by atoms with Crippen LogP contribution in [0.2, 0.25) is 0 Å². The predicted molar refractivity (Wildman–Crippen MR) is 70.4 cm³/mol. The largest absolute Gasteiger partial charge is 0.293 e. The molecule has 2 aliphatic carbocycles. The lowest BCUT2D eigenvalue weighted by atomic mass is 9.72. The topological polar surface area (TPSA) is 63.6 Å². The number of nitrogens with zero attached hydrogens (tertiary/aromatic N) is 1. The Morgan fingerprint density at radius 1 is 1.11 bits per heavy atom. The second-order valence-corrected chi connectivity index (χ2v) is 6.42. The standard InChI is InChI=1S/C14H9NO3S/c16-14-9-5-2-1-4-8(9)13-12-10(14)6-3-7-11(12)19(17,18)15-13/h1-7,10,12H. The van der Waals surface area contributed by atoms with Crippen molar-refractivity contribution in [1.82, 2.24) is 0 Å². The fourth-order valence-corrected chi connectivity index (χ4v) is 4.41. The summed E-state index contributed by atoms with van der Waals surface area (Å²) in [6.45, 7) is 0. The number of allylic oxidation sites excluding steroid dienone is 4. The van der Waals surface area contributed by atoms with Crippen LogP contribution in [0, 0.1) is 11.8 Å². The SMILES string of the molecule is O=C1c2ccccc2C2=NS(=O)(=O)C3=CC=CC1C32. The summed E-state index contributed by atoms with van der Waals surface area (Å²) in [5.41, 5.74) is 1.72. The van der Waals surface area contributed by atoms with Crippen molar-refractivity contribution in [2.24, 2.45) is 16.2 Å². The first-order valence-electron chi connectivity index (χ1n) is 5.96. The van der Waals surface area contributed by atoms with Crippen LogP contribution in [0.5, 0.6) is 0 Å². The molecule has 0 radical (unpaired) electrons. The Balaban J connectivity index is 2.10. The van der Waals surface area contributed by atoms with Crippen LogP contribution in [0.3, 0.4) is 0 Å². The molecule has 0 fully saturated rings. The van der Waals surface area contributed by atoms with Gasteiger partial charge in [-0.1, -0.05) is 36.4 Å². The van der Waals surface area contributed by atoms with Gasteiger partial charge in [-0.2, -0.15) is 12.8 Å². The van der Waals surface area contributed by atoms with Gasteiger partial charge in [0.05, 0.1) is 22.5 Å². The van der Waals surface area contributed by atoms with E-state index in [0.29, 0.717) is 16.8 Å². The molecule has 1 aromatic rings. The lowest BCUT2D eigenvalue weighted by Gasteiger charge is -2.29. The third-order valence-corrected chi connectivity index (χ3v) is 5.25. The Morgan fingerprint density at radius 3 is 2.63 bits per heavy atom. The molecule has 4 rings (SSSR count). The maximum atomic E-state index is 12.5. The van der Waals surface area contributed by atoms with E-state index in [1.807, 2.05) is 0 Å². The molecule has 19 heavy (non-hydrogen) atoms. The highest BCUT2D eigenvalue weighted by molar-refractivity contribution is 7.94. The molecular weight excluding hydrogens is 262 g/mol. The maximum absolute atomic E-state index is 12.5. The van der Waals surface area contributed by atoms with Crippen molar-refractivity contribution in [2.75, 3.05) is 0 Å². The average Bonchev–Trinajstić information content (AvgIpc) is 2.69. The Labute approximate surface area is 110 Å². The van der Waals surface area contributed by atoms with Crippen LogP contribution >= 0.6 is 0 Å². The minimum Gasteiger partial charge on any atom is -0.293 e. The van der Waals surface area contributed by atoms with Crippen LogP contribution < -0.4 is 0 Å². The van der Waals surface area contributed by atoms with Crippen molar-refractivity contribution >= 4 is 21.5 Å². The number of rotatable bonds is 0. The van der Waals surface area contributed by atoms with E-state index in [0.717, 1.165) is 0 Å². The van der Waals surface area contributed by atoms with Crippen LogP contribution in [0.25, 0.3) is 0 Å². The quantitative estimate of drug-likeness (QED) is 0.721. The maximum Gasteiger partial charge on any atom is 0.279 e. The molecule has 0 aromatic heterocycles. The Kier molecular flexibility index (Phi) is 1.89. The van der Waals surface area contributed by atoms with Crippen molar-refractivity contribution in [2.45, 2.75) is 0 Å². The zero-order valence-corrected chi connectivity index (χ0v) is 10.6. The van der Waals surface area contributed by atoms with Crippen molar-refractivity contribution in [3.05, 3.63) is 58.5 Å². The van der Waals surface area contributed by atoms with E-state index in [1.165, 1.54) is 0 Å². The molecule has 2 unspecified atom stereocenters.